The third-order valence-electron chi connectivity index (χ3n) is 1.12. The molecule has 10 heavy (non-hydrogen) atoms. The summed E-state index contributed by atoms with van der Waals surface area (Å²) in [6.07, 6.45) is 0. The Balaban J connectivity index is 3.21. The van der Waals surface area contributed by atoms with Crippen LogP contribution in [0.25, 0.3) is 0 Å². The van der Waals surface area contributed by atoms with Crippen LogP contribution in [0.5, 0.6) is 0 Å². The topological polar surface area (TPSA) is 38.0 Å². The van der Waals surface area contributed by atoms with E-state index in [1.54, 1.807) is 0 Å². The minimum atomic E-state index is 0.266. The van der Waals surface area contributed by atoms with E-state index in [1.807, 2.05) is 6.92 Å². The lowest BCUT2D eigenvalue weighted by Gasteiger charge is -2.19. The van der Waals surface area contributed by atoms with Gasteiger partial charge in [-0.2, -0.15) is 0 Å². The normalized spacial score (nSPS) is 15.3. The Hall–Kier alpha value is -0.0800. The van der Waals surface area contributed by atoms with Crippen molar-refractivity contribution in [3.05, 3.63) is 0 Å². The van der Waals surface area contributed by atoms with Gasteiger partial charge < -0.3 is 11.1 Å². The second-order valence-corrected chi connectivity index (χ2v) is 4.17. The lowest BCUT2D eigenvalue weighted by atomic mass is 9.97. The van der Waals surface area contributed by atoms with Crippen molar-refractivity contribution < 1.29 is 0 Å². The van der Waals surface area contributed by atoms with Crippen LogP contribution in [0.3, 0.4) is 0 Å². The lowest BCUT2D eigenvalue weighted by Crippen LogP contribution is -2.35. The van der Waals surface area contributed by atoms with Crippen molar-refractivity contribution in [2.75, 3.05) is 13.1 Å². The van der Waals surface area contributed by atoms with E-state index in [1.165, 1.54) is 0 Å². The Kier molecular flexibility index (Phi) is 3.91. The van der Waals surface area contributed by atoms with Gasteiger partial charge in [0.25, 0.3) is 0 Å². The third-order valence-corrected chi connectivity index (χ3v) is 1.12. The number of nitrogens with two attached hydrogens (primary N) is 1. The maximum Gasteiger partial charge on any atom is 0.0136 e. The van der Waals surface area contributed by atoms with Crippen LogP contribution in [0.2, 0.25) is 0 Å². The monoisotopic (exact) mass is 144 g/mol. The molecule has 0 saturated carbocycles. The van der Waals surface area contributed by atoms with E-state index in [0.29, 0.717) is 5.41 Å². The molecule has 0 aromatic heterocycles. The molecule has 0 aromatic rings. The molecule has 0 unspecified atom stereocenters. The van der Waals surface area contributed by atoms with E-state index in [0.717, 1.165) is 13.1 Å². The summed E-state index contributed by atoms with van der Waals surface area (Å²) < 4.78 is 0. The Morgan fingerprint density at radius 2 is 1.90 bits per heavy atom. The van der Waals surface area contributed by atoms with Gasteiger partial charge in [-0.25, -0.2) is 0 Å². The van der Waals surface area contributed by atoms with Gasteiger partial charge in [0, 0.05) is 19.1 Å². The maximum absolute atomic E-state index is 5.56. The first-order valence-corrected chi connectivity index (χ1v) is 3.88. The Morgan fingerprint density at radius 1 is 1.40 bits per heavy atom. The van der Waals surface area contributed by atoms with Crippen LogP contribution in [-0.2, 0) is 0 Å². The lowest BCUT2D eigenvalue weighted by molar-refractivity contribution is 0.375. The zero-order chi connectivity index (χ0) is 8.20. The summed E-state index contributed by atoms with van der Waals surface area (Å²) in [6.45, 7) is 10.6. The first kappa shape index (κ1) is 9.92. The molecular formula is C8H20N2. The van der Waals surface area contributed by atoms with Gasteiger partial charge in [0.05, 0.1) is 0 Å². The maximum atomic E-state index is 5.56. The van der Waals surface area contributed by atoms with Crippen molar-refractivity contribution in [3.8, 4) is 0 Å². The molecule has 0 amide bonds. The molecule has 0 rings (SSSR count). The van der Waals surface area contributed by atoms with Crippen LogP contribution in [0.4, 0.5) is 0 Å². The zero-order valence-electron chi connectivity index (χ0n) is 7.57. The zero-order valence-corrected chi connectivity index (χ0v) is 7.57. The molecular weight excluding hydrogens is 124 g/mol. The fraction of sp³-hybridized carbons (Fsp3) is 1.00. The highest BCUT2D eigenvalue weighted by Crippen LogP contribution is 2.09. The third kappa shape index (κ3) is 7.92. The second kappa shape index (κ2) is 3.94. The van der Waals surface area contributed by atoms with Crippen molar-refractivity contribution in [1.29, 1.82) is 0 Å². The van der Waals surface area contributed by atoms with E-state index in [4.69, 9.17) is 5.73 Å². The van der Waals surface area contributed by atoms with Gasteiger partial charge in [-0.15, -0.1) is 0 Å². The number of hydrogen-bond donors (Lipinski definition) is 2. The van der Waals surface area contributed by atoms with E-state index in [-0.39, 0.29) is 6.04 Å². The molecule has 0 radical (unpaired) electrons. The van der Waals surface area contributed by atoms with E-state index >= 15 is 0 Å². The predicted octanol–water partition coefficient (Wildman–Crippen LogP) is 0.969. The highest BCUT2D eigenvalue weighted by atomic mass is 14.9. The van der Waals surface area contributed by atoms with Crippen molar-refractivity contribution in [2.24, 2.45) is 11.1 Å². The molecule has 0 aliphatic heterocycles. The summed E-state index contributed by atoms with van der Waals surface area (Å²) in [7, 11) is 0. The van der Waals surface area contributed by atoms with Crippen molar-refractivity contribution in [2.45, 2.75) is 33.7 Å². The van der Waals surface area contributed by atoms with Crippen LogP contribution in [0.1, 0.15) is 27.7 Å². The molecule has 0 saturated heterocycles. The first-order valence-electron chi connectivity index (χ1n) is 3.88. The molecule has 0 heterocycles. The van der Waals surface area contributed by atoms with E-state index in [2.05, 4.69) is 26.1 Å². The molecule has 0 aromatic carbocycles. The molecule has 2 heteroatoms. The fourth-order valence-electron chi connectivity index (χ4n) is 0.675. The molecule has 62 valence electrons. The summed E-state index contributed by atoms with van der Waals surface area (Å²) in [5.41, 5.74) is 5.93. The average molecular weight is 144 g/mol. The van der Waals surface area contributed by atoms with Gasteiger partial charge in [-0.3, -0.25) is 0 Å². The molecule has 1 atom stereocenters. The van der Waals surface area contributed by atoms with Crippen LogP contribution < -0.4 is 11.1 Å². The average Bonchev–Trinajstić information content (AvgIpc) is 1.59. The fourth-order valence-corrected chi connectivity index (χ4v) is 0.675. The minimum Gasteiger partial charge on any atom is -0.327 e. The number of hydrogen-bond acceptors (Lipinski definition) is 2. The molecule has 0 aliphatic rings. The summed E-state index contributed by atoms with van der Waals surface area (Å²) in [5.74, 6) is 0. The second-order valence-electron chi connectivity index (χ2n) is 4.17. The van der Waals surface area contributed by atoms with Gasteiger partial charge in [0.2, 0.25) is 0 Å². The molecule has 0 aliphatic carbocycles. The van der Waals surface area contributed by atoms with Gasteiger partial charge in [0.15, 0.2) is 0 Å². The Morgan fingerprint density at radius 3 is 2.20 bits per heavy atom. The summed E-state index contributed by atoms with van der Waals surface area (Å²) >= 11 is 0. The van der Waals surface area contributed by atoms with Crippen molar-refractivity contribution in [3.63, 3.8) is 0 Å². The SMILES string of the molecule is C[C@@H](N)CNCC(C)(C)C. The van der Waals surface area contributed by atoms with Crippen LogP contribution in [0, 0.1) is 5.41 Å². The van der Waals surface area contributed by atoms with Crippen LogP contribution >= 0.6 is 0 Å². The molecule has 0 spiro atoms. The van der Waals surface area contributed by atoms with Crippen LogP contribution in [-0.4, -0.2) is 19.1 Å². The van der Waals surface area contributed by atoms with Gasteiger partial charge in [-0.1, -0.05) is 20.8 Å². The molecule has 0 bridgehead atoms. The summed E-state index contributed by atoms with van der Waals surface area (Å²) in [6, 6.07) is 0.266. The van der Waals surface area contributed by atoms with E-state index in [9.17, 15) is 0 Å². The molecule has 2 nitrogen and oxygen atoms in total. The number of nitrogens with one attached hydrogen (secondary N) is 1. The standard InChI is InChI=1S/C8H20N2/c1-7(9)5-10-6-8(2,3)4/h7,10H,5-6,9H2,1-4H3/t7-/m1/s1. The molecule has 0 fully saturated rings. The highest BCUT2D eigenvalue weighted by molar-refractivity contribution is 4.66. The Bertz CT molecular complexity index is 81.7. The Labute approximate surface area is 64.2 Å². The van der Waals surface area contributed by atoms with Gasteiger partial charge in [-0.05, 0) is 12.3 Å². The minimum absolute atomic E-state index is 0.266. The first-order chi connectivity index (χ1) is 4.42. The quantitative estimate of drug-likeness (QED) is 0.619. The van der Waals surface area contributed by atoms with Crippen molar-refractivity contribution >= 4 is 0 Å². The predicted molar refractivity (Wildman–Crippen MR) is 46.0 cm³/mol. The number of rotatable bonds is 3. The largest absolute Gasteiger partial charge is 0.327 e. The van der Waals surface area contributed by atoms with Gasteiger partial charge in [0.1, 0.15) is 0 Å². The summed E-state index contributed by atoms with van der Waals surface area (Å²) in [4.78, 5) is 0. The smallest absolute Gasteiger partial charge is 0.0136 e. The van der Waals surface area contributed by atoms with Crippen LogP contribution in [0.15, 0.2) is 0 Å². The summed E-state index contributed by atoms with van der Waals surface area (Å²) in [5, 5.41) is 3.30. The van der Waals surface area contributed by atoms with Gasteiger partial charge >= 0.3 is 0 Å². The van der Waals surface area contributed by atoms with Crippen molar-refractivity contribution in [1.82, 2.24) is 5.32 Å². The molecule has 3 N–H and O–H groups in total. The van der Waals surface area contributed by atoms with E-state index < -0.39 is 0 Å². The highest BCUT2D eigenvalue weighted by Gasteiger charge is 2.08.